The molecular formula is C27H19ClN2O2. The number of fused-ring (bicyclic) bond motifs is 1. The van der Waals surface area contributed by atoms with Gasteiger partial charge in [0.15, 0.2) is 0 Å². The first-order valence-corrected chi connectivity index (χ1v) is 10.6. The Morgan fingerprint density at radius 3 is 2.28 bits per heavy atom. The van der Waals surface area contributed by atoms with Crippen molar-refractivity contribution in [2.45, 2.75) is 6.92 Å². The molecule has 0 fully saturated rings. The van der Waals surface area contributed by atoms with Crippen molar-refractivity contribution in [3.05, 3.63) is 113 Å². The smallest absolute Gasteiger partial charge is 0.282 e. The maximum absolute atomic E-state index is 13.7. The Kier molecular flexibility index (Phi) is 5.00. The molecule has 0 saturated carbocycles. The van der Waals surface area contributed by atoms with Gasteiger partial charge >= 0.3 is 0 Å². The number of amides is 2. The second kappa shape index (κ2) is 7.98. The van der Waals surface area contributed by atoms with Crippen molar-refractivity contribution in [3.8, 4) is 0 Å². The highest BCUT2D eigenvalue weighted by Gasteiger charge is 2.40. The summed E-state index contributed by atoms with van der Waals surface area (Å²) in [6, 6.07) is 28.0. The summed E-state index contributed by atoms with van der Waals surface area (Å²) in [6.07, 6.45) is 0. The number of aryl methyl sites for hydroxylation is 1. The molecule has 1 aliphatic rings. The quantitative estimate of drug-likeness (QED) is 0.386. The molecule has 1 heterocycles. The van der Waals surface area contributed by atoms with E-state index in [0.29, 0.717) is 21.8 Å². The molecule has 0 bridgehead atoms. The zero-order chi connectivity index (χ0) is 22.2. The van der Waals surface area contributed by atoms with E-state index in [2.05, 4.69) is 5.32 Å². The van der Waals surface area contributed by atoms with Crippen LogP contribution in [0, 0.1) is 6.92 Å². The summed E-state index contributed by atoms with van der Waals surface area (Å²) in [5.41, 5.74) is 3.44. The third-order valence-electron chi connectivity index (χ3n) is 5.60. The molecule has 4 nitrogen and oxygen atoms in total. The van der Waals surface area contributed by atoms with E-state index in [1.54, 1.807) is 12.1 Å². The minimum Gasteiger partial charge on any atom is -0.350 e. The van der Waals surface area contributed by atoms with E-state index in [1.807, 2.05) is 85.8 Å². The number of carbonyl (C=O) groups excluding carboxylic acids is 2. The lowest BCUT2D eigenvalue weighted by atomic mass is 10.0. The molecule has 1 aliphatic heterocycles. The number of halogens is 1. The molecule has 0 aromatic heterocycles. The van der Waals surface area contributed by atoms with Gasteiger partial charge in [0.25, 0.3) is 11.8 Å². The highest BCUT2D eigenvalue weighted by Crippen LogP contribution is 2.37. The van der Waals surface area contributed by atoms with Gasteiger partial charge in [0.2, 0.25) is 0 Å². The van der Waals surface area contributed by atoms with Gasteiger partial charge in [-0.1, -0.05) is 78.3 Å². The van der Waals surface area contributed by atoms with Crippen LogP contribution in [0.4, 0.5) is 11.4 Å². The zero-order valence-corrected chi connectivity index (χ0v) is 18.1. The van der Waals surface area contributed by atoms with Crippen LogP contribution in [0.1, 0.15) is 11.1 Å². The highest BCUT2D eigenvalue weighted by molar-refractivity contribution is 6.47. The van der Waals surface area contributed by atoms with Crippen molar-refractivity contribution in [2.24, 2.45) is 0 Å². The minimum absolute atomic E-state index is 0.250. The van der Waals surface area contributed by atoms with E-state index >= 15 is 0 Å². The maximum atomic E-state index is 13.7. The van der Waals surface area contributed by atoms with Gasteiger partial charge in [-0.2, -0.15) is 0 Å². The SMILES string of the molecule is Cc1cc(Cl)ccc1NC1=C(c2ccccc2)C(=O)N(c2cccc3ccccc23)C1=O. The molecule has 4 aromatic carbocycles. The molecule has 0 aliphatic carbocycles. The molecule has 2 amide bonds. The number of nitrogens with zero attached hydrogens (tertiary/aromatic N) is 1. The second-order valence-electron chi connectivity index (χ2n) is 7.64. The van der Waals surface area contributed by atoms with E-state index in [0.717, 1.165) is 22.0 Å². The number of carbonyl (C=O) groups is 2. The molecule has 0 spiro atoms. The minimum atomic E-state index is -0.389. The summed E-state index contributed by atoms with van der Waals surface area (Å²) in [7, 11) is 0. The van der Waals surface area contributed by atoms with Gasteiger partial charge in [-0.15, -0.1) is 0 Å². The lowest BCUT2D eigenvalue weighted by Crippen LogP contribution is -2.32. The van der Waals surface area contributed by atoms with E-state index in [4.69, 9.17) is 11.6 Å². The molecule has 0 atom stereocenters. The van der Waals surface area contributed by atoms with Crippen molar-refractivity contribution in [1.82, 2.24) is 0 Å². The zero-order valence-electron chi connectivity index (χ0n) is 17.3. The molecule has 0 saturated heterocycles. The molecule has 0 unspecified atom stereocenters. The third kappa shape index (κ3) is 3.35. The van der Waals surface area contributed by atoms with Crippen LogP contribution in [0.15, 0.2) is 96.7 Å². The number of imide groups is 1. The fourth-order valence-electron chi connectivity index (χ4n) is 4.04. The first-order chi connectivity index (χ1) is 15.5. The Labute approximate surface area is 190 Å². The van der Waals surface area contributed by atoms with Crippen molar-refractivity contribution in [1.29, 1.82) is 0 Å². The fraction of sp³-hybridized carbons (Fsp3) is 0.0370. The Bertz CT molecular complexity index is 1400. The van der Waals surface area contributed by atoms with Gasteiger partial charge in [0.05, 0.1) is 11.3 Å². The van der Waals surface area contributed by atoms with Gasteiger partial charge in [-0.3, -0.25) is 9.59 Å². The van der Waals surface area contributed by atoms with E-state index in [-0.39, 0.29) is 17.5 Å². The predicted octanol–water partition coefficient (Wildman–Crippen LogP) is 6.20. The second-order valence-corrected chi connectivity index (χ2v) is 8.08. The Balaban J connectivity index is 1.67. The highest BCUT2D eigenvalue weighted by atomic mass is 35.5. The van der Waals surface area contributed by atoms with Gasteiger partial charge < -0.3 is 5.32 Å². The Morgan fingerprint density at radius 1 is 0.781 bits per heavy atom. The first-order valence-electron chi connectivity index (χ1n) is 10.2. The van der Waals surface area contributed by atoms with Crippen LogP contribution in [0.25, 0.3) is 16.3 Å². The van der Waals surface area contributed by atoms with Crippen molar-refractivity contribution in [3.63, 3.8) is 0 Å². The average molecular weight is 439 g/mol. The van der Waals surface area contributed by atoms with E-state index in [1.165, 1.54) is 4.90 Å². The first kappa shape index (κ1) is 20.0. The van der Waals surface area contributed by atoms with Crippen LogP contribution in [-0.4, -0.2) is 11.8 Å². The molecule has 156 valence electrons. The van der Waals surface area contributed by atoms with Crippen LogP contribution >= 0.6 is 11.6 Å². The van der Waals surface area contributed by atoms with Crippen LogP contribution in [0.5, 0.6) is 0 Å². The lowest BCUT2D eigenvalue weighted by Gasteiger charge is -2.18. The topological polar surface area (TPSA) is 49.4 Å². The van der Waals surface area contributed by atoms with Crippen molar-refractivity contribution < 1.29 is 9.59 Å². The standard InChI is InChI=1S/C27H19ClN2O2/c1-17-16-20(28)14-15-22(17)29-25-24(19-9-3-2-4-10-19)26(31)30(27(25)32)23-13-7-11-18-8-5-6-12-21(18)23/h2-16,29H,1H3. The summed E-state index contributed by atoms with van der Waals surface area (Å²) in [6.45, 7) is 1.90. The number of hydrogen-bond acceptors (Lipinski definition) is 3. The normalized spacial score (nSPS) is 13.9. The molecule has 1 N–H and O–H groups in total. The summed E-state index contributed by atoms with van der Waals surface area (Å²) < 4.78 is 0. The fourth-order valence-corrected chi connectivity index (χ4v) is 4.27. The Hall–Kier alpha value is -3.89. The molecule has 5 heteroatoms. The molecule has 32 heavy (non-hydrogen) atoms. The van der Waals surface area contributed by atoms with E-state index < -0.39 is 0 Å². The van der Waals surface area contributed by atoms with E-state index in [9.17, 15) is 9.59 Å². The number of anilines is 2. The van der Waals surface area contributed by atoms with Gasteiger partial charge in [-0.25, -0.2) is 4.90 Å². The monoisotopic (exact) mass is 438 g/mol. The molecule has 5 rings (SSSR count). The molecule has 4 aromatic rings. The largest absolute Gasteiger partial charge is 0.350 e. The average Bonchev–Trinajstić information content (AvgIpc) is 3.05. The number of nitrogens with one attached hydrogen (secondary N) is 1. The third-order valence-corrected chi connectivity index (χ3v) is 5.84. The van der Waals surface area contributed by atoms with Crippen molar-refractivity contribution >= 4 is 51.1 Å². The van der Waals surface area contributed by atoms with Crippen LogP contribution < -0.4 is 10.2 Å². The lowest BCUT2D eigenvalue weighted by molar-refractivity contribution is -0.120. The number of benzene rings is 4. The van der Waals surface area contributed by atoms with Crippen LogP contribution in [0.3, 0.4) is 0 Å². The van der Waals surface area contributed by atoms with Gasteiger partial charge in [-0.05, 0) is 47.7 Å². The summed E-state index contributed by atoms with van der Waals surface area (Å²) in [5, 5.41) is 5.63. The molecular weight excluding hydrogens is 420 g/mol. The van der Waals surface area contributed by atoms with Gasteiger partial charge in [0, 0.05) is 16.1 Å². The van der Waals surface area contributed by atoms with Crippen LogP contribution in [-0.2, 0) is 9.59 Å². The predicted molar refractivity (Wildman–Crippen MR) is 130 cm³/mol. The number of rotatable bonds is 4. The van der Waals surface area contributed by atoms with Crippen LogP contribution in [0.2, 0.25) is 5.02 Å². The summed E-state index contributed by atoms with van der Waals surface area (Å²) in [4.78, 5) is 28.6. The summed E-state index contributed by atoms with van der Waals surface area (Å²) in [5.74, 6) is -0.744. The maximum Gasteiger partial charge on any atom is 0.282 e. The summed E-state index contributed by atoms with van der Waals surface area (Å²) >= 11 is 6.10. The van der Waals surface area contributed by atoms with Crippen molar-refractivity contribution in [2.75, 3.05) is 10.2 Å². The van der Waals surface area contributed by atoms with Gasteiger partial charge in [0.1, 0.15) is 5.70 Å². The Morgan fingerprint density at radius 2 is 1.50 bits per heavy atom. The molecule has 0 radical (unpaired) electrons. The number of hydrogen-bond donors (Lipinski definition) is 1.